The van der Waals surface area contributed by atoms with E-state index < -0.39 is 6.10 Å². The highest BCUT2D eigenvalue weighted by Crippen LogP contribution is 2.27. The molecule has 0 bridgehead atoms. The van der Waals surface area contributed by atoms with Gasteiger partial charge in [0.05, 0.1) is 12.1 Å². The largest absolute Gasteiger partial charge is 0.391 e. The zero-order chi connectivity index (χ0) is 18.4. The Morgan fingerprint density at radius 3 is 2.62 bits per heavy atom. The maximum absolute atomic E-state index is 12.6. The van der Waals surface area contributed by atoms with Gasteiger partial charge >= 0.3 is 0 Å². The minimum atomic E-state index is -0.502. The molecule has 1 saturated carbocycles. The van der Waals surface area contributed by atoms with Gasteiger partial charge in [-0.3, -0.25) is 4.79 Å². The average Bonchev–Trinajstić information content (AvgIpc) is 2.69. The molecule has 3 rings (SSSR count). The zero-order valence-electron chi connectivity index (χ0n) is 15.1. The number of hydrogen-bond acceptors (Lipinski definition) is 5. The van der Waals surface area contributed by atoms with Crippen molar-refractivity contribution in [3.05, 3.63) is 48.3 Å². The molecular formula is C20H26N4O2. The summed E-state index contributed by atoms with van der Waals surface area (Å²) in [7, 11) is 0. The molecule has 1 aliphatic carbocycles. The van der Waals surface area contributed by atoms with E-state index >= 15 is 0 Å². The molecule has 6 heteroatoms. The van der Waals surface area contributed by atoms with E-state index in [-0.39, 0.29) is 17.9 Å². The Morgan fingerprint density at radius 2 is 1.88 bits per heavy atom. The first-order chi connectivity index (χ1) is 12.6. The topological polar surface area (TPSA) is 87.1 Å². The smallest absolute Gasteiger partial charge is 0.251 e. The van der Waals surface area contributed by atoms with Crippen LogP contribution in [0.5, 0.6) is 0 Å². The second-order valence-electron chi connectivity index (χ2n) is 6.93. The standard InChI is InChI=1S/C20H26N4O2/c1-14(18(25)15-7-3-2-4-8-15)23-19(26)16-9-5-10-17(13-16)24-20-21-11-6-12-22-20/h5-6,9-15,18,25H,2-4,7-8H2,1H3,(H,23,26)(H,21,22,24). The van der Waals surface area contributed by atoms with Crippen molar-refractivity contribution in [1.29, 1.82) is 0 Å². The van der Waals surface area contributed by atoms with Crippen LogP contribution in [-0.2, 0) is 0 Å². The van der Waals surface area contributed by atoms with E-state index in [0.29, 0.717) is 11.5 Å². The Balaban J connectivity index is 1.61. The summed E-state index contributed by atoms with van der Waals surface area (Å²) in [5.41, 5.74) is 1.28. The van der Waals surface area contributed by atoms with Gasteiger partial charge in [0.1, 0.15) is 0 Å². The fourth-order valence-corrected chi connectivity index (χ4v) is 3.49. The van der Waals surface area contributed by atoms with E-state index in [4.69, 9.17) is 0 Å². The third-order valence-electron chi connectivity index (χ3n) is 4.95. The number of rotatable bonds is 6. The number of carbonyl (C=O) groups excluding carboxylic acids is 1. The van der Waals surface area contributed by atoms with Crippen molar-refractivity contribution >= 4 is 17.5 Å². The summed E-state index contributed by atoms with van der Waals surface area (Å²) in [6.07, 6.45) is 8.46. The Labute approximate surface area is 154 Å². The molecular weight excluding hydrogens is 328 g/mol. The van der Waals surface area contributed by atoms with Gasteiger partial charge in [0.25, 0.3) is 5.91 Å². The van der Waals surface area contributed by atoms with Crippen LogP contribution < -0.4 is 10.6 Å². The molecule has 1 aromatic heterocycles. The van der Waals surface area contributed by atoms with Crippen molar-refractivity contribution in [2.45, 2.75) is 51.2 Å². The number of anilines is 2. The fourth-order valence-electron chi connectivity index (χ4n) is 3.49. The molecule has 0 aliphatic heterocycles. The molecule has 2 aromatic rings. The van der Waals surface area contributed by atoms with Gasteiger partial charge in [0.2, 0.25) is 5.95 Å². The fraction of sp³-hybridized carbons (Fsp3) is 0.450. The monoisotopic (exact) mass is 354 g/mol. The molecule has 1 aromatic carbocycles. The van der Waals surface area contributed by atoms with Crippen LogP contribution in [0.3, 0.4) is 0 Å². The second kappa shape index (κ2) is 8.76. The van der Waals surface area contributed by atoms with Crippen LogP contribution in [0.25, 0.3) is 0 Å². The maximum atomic E-state index is 12.6. The summed E-state index contributed by atoms with van der Waals surface area (Å²) >= 11 is 0. The van der Waals surface area contributed by atoms with Crippen molar-refractivity contribution in [3.63, 3.8) is 0 Å². The van der Waals surface area contributed by atoms with E-state index in [0.717, 1.165) is 31.4 Å². The molecule has 0 radical (unpaired) electrons. The van der Waals surface area contributed by atoms with Crippen LogP contribution >= 0.6 is 0 Å². The highest BCUT2D eigenvalue weighted by atomic mass is 16.3. The first-order valence-corrected chi connectivity index (χ1v) is 9.26. The number of carbonyl (C=O) groups is 1. The normalized spacial score (nSPS) is 17.3. The van der Waals surface area contributed by atoms with Crippen molar-refractivity contribution in [2.75, 3.05) is 5.32 Å². The van der Waals surface area contributed by atoms with E-state index in [2.05, 4.69) is 20.6 Å². The quantitative estimate of drug-likeness (QED) is 0.741. The summed E-state index contributed by atoms with van der Waals surface area (Å²) in [6, 6.07) is 8.64. The van der Waals surface area contributed by atoms with Gasteiger partial charge in [-0.15, -0.1) is 0 Å². The number of hydrogen-bond donors (Lipinski definition) is 3. The summed E-state index contributed by atoms with van der Waals surface area (Å²) in [5, 5.41) is 16.6. The molecule has 2 unspecified atom stereocenters. The van der Waals surface area contributed by atoms with Crippen molar-refractivity contribution < 1.29 is 9.90 Å². The van der Waals surface area contributed by atoms with Crippen LogP contribution in [0.1, 0.15) is 49.4 Å². The summed E-state index contributed by atoms with van der Waals surface area (Å²) < 4.78 is 0. The van der Waals surface area contributed by atoms with Gasteiger partial charge in [0, 0.05) is 23.6 Å². The number of aliphatic hydroxyl groups is 1. The first-order valence-electron chi connectivity index (χ1n) is 9.26. The van der Waals surface area contributed by atoms with Gasteiger partial charge in [-0.2, -0.15) is 0 Å². The molecule has 138 valence electrons. The lowest BCUT2D eigenvalue weighted by Gasteiger charge is -2.31. The highest BCUT2D eigenvalue weighted by Gasteiger charge is 2.27. The molecule has 1 amide bonds. The van der Waals surface area contributed by atoms with Gasteiger partial charge < -0.3 is 15.7 Å². The van der Waals surface area contributed by atoms with Crippen LogP contribution in [0.2, 0.25) is 0 Å². The lowest BCUT2D eigenvalue weighted by molar-refractivity contribution is 0.0510. The molecule has 1 aliphatic rings. The van der Waals surface area contributed by atoms with Crippen LogP contribution in [0.4, 0.5) is 11.6 Å². The molecule has 1 heterocycles. The number of nitrogens with zero attached hydrogens (tertiary/aromatic N) is 2. The summed E-state index contributed by atoms with van der Waals surface area (Å²) in [5.74, 6) is 0.568. The molecule has 1 fully saturated rings. The van der Waals surface area contributed by atoms with Gasteiger partial charge in [-0.05, 0) is 49.9 Å². The predicted octanol–water partition coefficient (Wildman–Crippen LogP) is 3.28. The Hall–Kier alpha value is -2.47. The molecule has 0 saturated heterocycles. The van der Waals surface area contributed by atoms with Gasteiger partial charge in [-0.1, -0.05) is 25.3 Å². The number of benzene rings is 1. The first kappa shape index (κ1) is 18.3. The number of aliphatic hydroxyl groups excluding tert-OH is 1. The van der Waals surface area contributed by atoms with Crippen molar-refractivity contribution in [3.8, 4) is 0 Å². The van der Waals surface area contributed by atoms with E-state index in [1.54, 1.807) is 30.6 Å². The Bertz CT molecular complexity index is 717. The Kier molecular flexibility index (Phi) is 6.17. The summed E-state index contributed by atoms with van der Waals surface area (Å²) in [6.45, 7) is 1.87. The van der Waals surface area contributed by atoms with Crippen LogP contribution in [-0.4, -0.2) is 33.1 Å². The third-order valence-corrected chi connectivity index (χ3v) is 4.95. The SMILES string of the molecule is CC(NC(=O)c1cccc(Nc2ncccn2)c1)C(O)C1CCCCC1. The van der Waals surface area contributed by atoms with E-state index in [1.807, 2.05) is 19.1 Å². The summed E-state index contributed by atoms with van der Waals surface area (Å²) in [4.78, 5) is 20.8. The second-order valence-corrected chi connectivity index (χ2v) is 6.93. The zero-order valence-corrected chi connectivity index (χ0v) is 15.1. The number of amides is 1. The van der Waals surface area contributed by atoms with Gasteiger partial charge in [0.15, 0.2) is 0 Å². The number of aromatic nitrogens is 2. The molecule has 0 spiro atoms. The lowest BCUT2D eigenvalue weighted by Crippen LogP contribution is -2.45. The van der Waals surface area contributed by atoms with Crippen molar-refractivity contribution in [1.82, 2.24) is 15.3 Å². The third kappa shape index (κ3) is 4.79. The van der Waals surface area contributed by atoms with Crippen LogP contribution in [0, 0.1) is 5.92 Å². The van der Waals surface area contributed by atoms with E-state index in [1.165, 1.54) is 6.42 Å². The Morgan fingerprint density at radius 1 is 1.15 bits per heavy atom. The average molecular weight is 354 g/mol. The minimum absolute atomic E-state index is 0.190. The minimum Gasteiger partial charge on any atom is -0.391 e. The molecule has 3 N–H and O–H groups in total. The maximum Gasteiger partial charge on any atom is 0.251 e. The molecule has 6 nitrogen and oxygen atoms in total. The number of nitrogens with one attached hydrogen (secondary N) is 2. The van der Waals surface area contributed by atoms with Crippen LogP contribution in [0.15, 0.2) is 42.7 Å². The molecule has 2 atom stereocenters. The molecule has 26 heavy (non-hydrogen) atoms. The van der Waals surface area contributed by atoms with Crippen molar-refractivity contribution in [2.24, 2.45) is 5.92 Å². The lowest BCUT2D eigenvalue weighted by atomic mass is 9.83. The highest BCUT2D eigenvalue weighted by molar-refractivity contribution is 5.95. The van der Waals surface area contributed by atoms with Gasteiger partial charge in [-0.25, -0.2) is 9.97 Å². The predicted molar refractivity (Wildman–Crippen MR) is 101 cm³/mol. The van der Waals surface area contributed by atoms with E-state index in [9.17, 15) is 9.90 Å².